The molecule has 0 unspecified atom stereocenters. The summed E-state index contributed by atoms with van der Waals surface area (Å²) in [5.74, 6) is 0.375. The van der Waals surface area contributed by atoms with E-state index in [1.165, 1.54) is 30.2 Å². The Balaban J connectivity index is 1.25. The van der Waals surface area contributed by atoms with Crippen LogP contribution in [0, 0.1) is 0 Å². The van der Waals surface area contributed by atoms with Crippen molar-refractivity contribution in [3.05, 3.63) is 42.2 Å². The van der Waals surface area contributed by atoms with E-state index in [0.717, 1.165) is 43.7 Å². The van der Waals surface area contributed by atoms with Crippen LogP contribution in [0.15, 0.2) is 41.8 Å². The average molecular weight is 372 g/mol. The maximum Gasteiger partial charge on any atom is 0.234 e. The molecule has 0 radical (unpaired) electrons. The standard InChI is InChI=1S/C19H24N4O2S/c24-18(14-26-19-20-7-8-23(19)17-5-6-17)21-16-3-1-15(2-4-16)13-22-9-11-25-12-10-22/h1-4,7-8,17H,5-6,9-14H2,(H,21,24). The second-order valence-corrected chi connectivity index (χ2v) is 7.71. The van der Waals surface area contributed by atoms with E-state index in [-0.39, 0.29) is 5.91 Å². The number of nitrogens with zero attached hydrogens (tertiary/aromatic N) is 3. The van der Waals surface area contributed by atoms with Gasteiger partial charge in [-0.25, -0.2) is 4.98 Å². The quantitative estimate of drug-likeness (QED) is 0.758. The van der Waals surface area contributed by atoms with Crippen molar-refractivity contribution in [2.24, 2.45) is 0 Å². The summed E-state index contributed by atoms with van der Waals surface area (Å²) >= 11 is 1.50. The van der Waals surface area contributed by atoms with Crippen molar-refractivity contribution in [1.82, 2.24) is 14.5 Å². The molecule has 1 aliphatic carbocycles. The van der Waals surface area contributed by atoms with Gasteiger partial charge in [-0.1, -0.05) is 23.9 Å². The number of thioether (sulfide) groups is 1. The van der Waals surface area contributed by atoms with Crippen LogP contribution in [-0.4, -0.2) is 52.4 Å². The lowest BCUT2D eigenvalue weighted by Gasteiger charge is -2.26. The SMILES string of the molecule is O=C(CSc1nccn1C1CC1)Nc1ccc(CN2CCOCC2)cc1. The summed E-state index contributed by atoms with van der Waals surface area (Å²) in [6.07, 6.45) is 6.25. The molecule has 2 aromatic rings. The van der Waals surface area contributed by atoms with E-state index in [9.17, 15) is 4.79 Å². The maximum atomic E-state index is 12.2. The van der Waals surface area contributed by atoms with Crippen LogP contribution < -0.4 is 5.32 Å². The van der Waals surface area contributed by atoms with Crippen molar-refractivity contribution in [2.75, 3.05) is 37.4 Å². The molecule has 0 bridgehead atoms. The third kappa shape index (κ3) is 4.66. The number of carbonyl (C=O) groups is 1. The van der Waals surface area contributed by atoms with Gasteiger partial charge in [0.15, 0.2) is 5.16 Å². The van der Waals surface area contributed by atoms with E-state index in [1.807, 2.05) is 24.5 Å². The predicted octanol–water partition coefficient (Wildman–Crippen LogP) is 2.78. The van der Waals surface area contributed by atoms with Crippen molar-refractivity contribution >= 4 is 23.4 Å². The first kappa shape index (κ1) is 17.6. The fourth-order valence-corrected chi connectivity index (χ4v) is 3.91. The highest BCUT2D eigenvalue weighted by Gasteiger charge is 2.25. The van der Waals surface area contributed by atoms with Crippen LogP contribution in [0.2, 0.25) is 0 Å². The molecule has 1 aliphatic heterocycles. The Morgan fingerprint density at radius 3 is 2.73 bits per heavy atom. The Labute approximate surface area is 157 Å². The van der Waals surface area contributed by atoms with Crippen LogP contribution in [0.3, 0.4) is 0 Å². The minimum Gasteiger partial charge on any atom is -0.379 e. The molecule has 2 aliphatic rings. The Morgan fingerprint density at radius 1 is 1.23 bits per heavy atom. The molecular weight excluding hydrogens is 348 g/mol. The first-order chi connectivity index (χ1) is 12.8. The van der Waals surface area contributed by atoms with Crippen LogP contribution in [0.1, 0.15) is 24.4 Å². The Bertz CT molecular complexity index is 736. The second-order valence-electron chi connectivity index (χ2n) is 6.77. The van der Waals surface area contributed by atoms with Gasteiger partial charge in [-0.05, 0) is 30.5 Å². The number of hydrogen-bond donors (Lipinski definition) is 1. The molecule has 0 spiro atoms. The summed E-state index contributed by atoms with van der Waals surface area (Å²) in [5.41, 5.74) is 2.09. The second kappa shape index (κ2) is 8.24. The lowest BCUT2D eigenvalue weighted by atomic mass is 10.2. The molecule has 1 aromatic carbocycles. The topological polar surface area (TPSA) is 59.4 Å². The molecule has 26 heavy (non-hydrogen) atoms. The summed E-state index contributed by atoms with van der Waals surface area (Å²) in [6.45, 7) is 4.51. The van der Waals surface area contributed by atoms with E-state index in [1.54, 1.807) is 0 Å². The highest BCUT2D eigenvalue weighted by Crippen LogP contribution is 2.37. The summed E-state index contributed by atoms with van der Waals surface area (Å²) in [7, 11) is 0. The molecule has 6 nitrogen and oxygen atoms in total. The van der Waals surface area contributed by atoms with Crippen LogP contribution in [0.25, 0.3) is 0 Å². The number of imidazole rings is 1. The first-order valence-electron chi connectivity index (χ1n) is 9.12. The van der Waals surface area contributed by atoms with Crippen LogP contribution in [0.5, 0.6) is 0 Å². The number of benzene rings is 1. The molecule has 7 heteroatoms. The highest BCUT2D eigenvalue weighted by atomic mass is 32.2. The summed E-state index contributed by atoms with van der Waals surface area (Å²) in [4.78, 5) is 19.0. The van der Waals surface area contributed by atoms with Crippen molar-refractivity contribution < 1.29 is 9.53 Å². The predicted molar refractivity (Wildman–Crippen MR) is 102 cm³/mol. The van der Waals surface area contributed by atoms with Crippen molar-refractivity contribution in [2.45, 2.75) is 30.6 Å². The fraction of sp³-hybridized carbons (Fsp3) is 0.474. The maximum absolute atomic E-state index is 12.2. The lowest BCUT2D eigenvalue weighted by Crippen LogP contribution is -2.35. The van der Waals surface area contributed by atoms with Gasteiger partial charge in [0.25, 0.3) is 0 Å². The van der Waals surface area contributed by atoms with Crippen molar-refractivity contribution in [3.8, 4) is 0 Å². The third-order valence-corrected chi connectivity index (χ3v) is 5.63. The molecule has 2 fully saturated rings. The normalized spacial score (nSPS) is 18.0. The molecule has 1 saturated heterocycles. The summed E-state index contributed by atoms with van der Waals surface area (Å²) in [5, 5.41) is 3.90. The van der Waals surface area contributed by atoms with Crippen molar-refractivity contribution in [3.63, 3.8) is 0 Å². The Hall–Kier alpha value is -1.83. The summed E-state index contributed by atoms with van der Waals surface area (Å²) in [6, 6.07) is 8.70. The Kier molecular flexibility index (Phi) is 5.57. The molecule has 4 rings (SSSR count). The number of rotatable bonds is 7. The van der Waals surface area contributed by atoms with Gasteiger partial charge in [0, 0.05) is 43.8 Å². The number of hydrogen-bond acceptors (Lipinski definition) is 5. The smallest absolute Gasteiger partial charge is 0.234 e. The van der Waals surface area contributed by atoms with E-state index in [4.69, 9.17) is 4.74 Å². The van der Waals surface area contributed by atoms with E-state index in [2.05, 4.69) is 31.9 Å². The van der Waals surface area contributed by atoms with E-state index in [0.29, 0.717) is 11.8 Å². The molecule has 1 aromatic heterocycles. The molecule has 2 heterocycles. The van der Waals surface area contributed by atoms with E-state index >= 15 is 0 Å². The van der Waals surface area contributed by atoms with Gasteiger partial charge in [0.1, 0.15) is 0 Å². The molecular formula is C19H24N4O2S. The Morgan fingerprint density at radius 2 is 2.00 bits per heavy atom. The van der Waals surface area contributed by atoms with Gasteiger partial charge in [0.2, 0.25) is 5.91 Å². The van der Waals surface area contributed by atoms with Crippen molar-refractivity contribution in [1.29, 1.82) is 0 Å². The molecule has 1 amide bonds. The average Bonchev–Trinajstić information content (AvgIpc) is 3.40. The first-order valence-corrected chi connectivity index (χ1v) is 10.1. The minimum atomic E-state index is 0.00118. The van der Waals surface area contributed by atoms with Gasteiger partial charge in [-0.2, -0.15) is 0 Å². The van der Waals surface area contributed by atoms with Gasteiger partial charge in [0.05, 0.1) is 19.0 Å². The van der Waals surface area contributed by atoms with Gasteiger partial charge >= 0.3 is 0 Å². The van der Waals surface area contributed by atoms with Gasteiger partial charge < -0.3 is 14.6 Å². The van der Waals surface area contributed by atoms with Crippen LogP contribution in [-0.2, 0) is 16.1 Å². The minimum absolute atomic E-state index is 0.00118. The number of amides is 1. The van der Waals surface area contributed by atoms with E-state index < -0.39 is 0 Å². The number of aromatic nitrogens is 2. The number of carbonyl (C=O) groups excluding carboxylic acids is 1. The number of morpholine rings is 1. The molecule has 1 N–H and O–H groups in total. The number of anilines is 1. The molecule has 0 atom stereocenters. The highest BCUT2D eigenvalue weighted by molar-refractivity contribution is 7.99. The summed E-state index contributed by atoms with van der Waals surface area (Å²) < 4.78 is 7.56. The zero-order chi connectivity index (χ0) is 17.8. The monoisotopic (exact) mass is 372 g/mol. The lowest BCUT2D eigenvalue weighted by molar-refractivity contribution is -0.113. The number of ether oxygens (including phenoxy) is 1. The van der Waals surface area contributed by atoms with Crippen LogP contribution >= 0.6 is 11.8 Å². The van der Waals surface area contributed by atoms with Gasteiger partial charge in [-0.3, -0.25) is 9.69 Å². The van der Waals surface area contributed by atoms with Gasteiger partial charge in [-0.15, -0.1) is 0 Å². The van der Waals surface area contributed by atoms with Crippen LogP contribution in [0.4, 0.5) is 5.69 Å². The zero-order valence-electron chi connectivity index (χ0n) is 14.8. The molecule has 1 saturated carbocycles. The fourth-order valence-electron chi connectivity index (χ4n) is 3.08. The third-order valence-electron chi connectivity index (χ3n) is 4.65. The molecule has 138 valence electrons. The number of nitrogens with one attached hydrogen (secondary N) is 1. The largest absolute Gasteiger partial charge is 0.379 e. The zero-order valence-corrected chi connectivity index (χ0v) is 15.6.